The molecule has 8 heteroatoms. The van der Waals surface area contributed by atoms with Gasteiger partial charge in [-0.3, -0.25) is 9.59 Å². The molecule has 0 radical (unpaired) electrons. The molecule has 0 aromatic carbocycles. The molecule has 3 rings (SSSR count). The van der Waals surface area contributed by atoms with Crippen molar-refractivity contribution in [3.05, 3.63) is 24.3 Å². The third kappa shape index (κ3) is 30.0. The fourth-order valence-electron chi connectivity index (χ4n) is 8.88. The van der Waals surface area contributed by atoms with Gasteiger partial charge in [-0.25, -0.2) is 0 Å². The Balaban J connectivity index is 1.01. The van der Waals surface area contributed by atoms with Gasteiger partial charge in [0.05, 0.1) is 0 Å². The molecule has 8 nitrogen and oxygen atoms in total. The Kier molecular flexibility index (Phi) is 33.2. The van der Waals surface area contributed by atoms with Gasteiger partial charge in [-0.1, -0.05) is 153 Å². The lowest BCUT2D eigenvalue weighted by Crippen LogP contribution is -2.47. The number of ether oxygens (including phenoxy) is 4. The van der Waals surface area contributed by atoms with Gasteiger partial charge in [-0.05, 0) is 108 Å². The van der Waals surface area contributed by atoms with Crippen LogP contribution in [0, 0.1) is 0 Å². The summed E-state index contributed by atoms with van der Waals surface area (Å²) in [4.78, 5) is 25.2. The predicted molar refractivity (Wildman–Crippen MR) is 244 cm³/mol. The molecular formula is C51H92N2O6. The van der Waals surface area contributed by atoms with E-state index in [1.165, 1.54) is 180 Å². The molecule has 0 spiro atoms. The highest BCUT2D eigenvalue weighted by Crippen LogP contribution is 2.20. The molecule has 2 N–H and O–H groups in total. The molecule has 0 bridgehead atoms. The van der Waals surface area contributed by atoms with Gasteiger partial charge in [0.25, 0.3) is 0 Å². The Morgan fingerprint density at radius 1 is 0.407 bits per heavy atom. The van der Waals surface area contributed by atoms with Crippen molar-refractivity contribution >= 4 is 11.8 Å². The first-order valence-electron chi connectivity index (χ1n) is 25.6. The third-order valence-corrected chi connectivity index (χ3v) is 12.6. The molecule has 2 saturated heterocycles. The zero-order chi connectivity index (χ0) is 41.5. The van der Waals surface area contributed by atoms with Gasteiger partial charge >= 0.3 is 0 Å². The van der Waals surface area contributed by atoms with Gasteiger partial charge in [0, 0.05) is 38.5 Å². The van der Waals surface area contributed by atoms with Crippen molar-refractivity contribution in [2.24, 2.45) is 0 Å². The second-order valence-corrected chi connectivity index (χ2v) is 18.1. The maximum atomic E-state index is 12.6. The summed E-state index contributed by atoms with van der Waals surface area (Å²) in [7, 11) is 0. The minimum absolute atomic E-state index is 0.0217. The van der Waals surface area contributed by atoms with Crippen LogP contribution in [-0.2, 0) is 28.5 Å². The second kappa shape index (κ2) is 38.0. The van der Waals surface area contributed by atoms with E-state index < -0.39 is 0 Å². The number of amides is 2. The van der Waals surface area contributed by atoms with Crippen LogP contribution in [0.4, 0.5) is 0 Å². The smallest absolute Gasteiger partial charge is 0.243 e. The molecule has 2 amide bonds. The number of allylic oxidation sites excluding steroid dienone is 2. The number of carbonyl (C=O) groups excluding carboxylic acids is 2. The molecule has 3 fully saturated rings. The van der Waals surface area contributed by atoms with Crippen LogP contribution in [0.1, 0.15) is 238 Å². The summed E-state index contributed by atoms with van der Waals surface area (Å²) in [5.74, 6) is -0.0572. The largest absolute Gasteiger partial charge is 0.353 e. The maximum Gasteiger partial charge on any atom is 0.243 e. The van der Waals surface area contributed by atoms with E-state index in [4.69, 9.17) is 18.9 Å². The molecule has 0 aromatic heterocycles. The second-order valence-electron chi connectivity index (χ2n) is 18.1. The van der Waals surface area contributed by atoms with Crippen molar-refractivity contribution < 1.29 is 28.5 Å². The molecule has 342 valence electrons. The minimum atomic E-state index is -0.0286. The van der Waals surface area contributed by atoms with E-state index in [-0.39, 0.29) is 36.5 Å². The van der Waals surface area contributed by atoms with E-state index in [2.05, 4.69) is 10.6 Å². The SMILES string of the molecule is O=C(C=CCCCCCCCCCCCCCCCOC1CCCCO1)N[C@H]1CCC[C@H]1NC(=O)C=CCCCCCCCCCCCCCCCOC1CCCCO1. The monoisotopic (exact) mass is 829 g/mol. The van der Waals surface area contributed by atoms with Crippen molar-refractivity contribution in [1.82, 2.24) is 10.6 Å². The Labute approximate surface area is 362 Å². The van der Waals surface area contributed by atoms with E-state index in [1.54, 1.807) is 12.2 Å². The predicted octanol–water partition coefficient (Wildman–Crippen LogP) is 13.3. The number of hydrogen-bond donors (Lipinski definition) is 2. The zero-order valence-corrected chi connectivity index (χ0v) is 38.1. The minimum Gasteiger partial charge on any atom is -0.353 e. The van der Waals surface area contributed by atoms with Gasteiger partial charge in [0.2, 0.25) is 11.8 Å². The molecule has 59 heavy (non-hydrogen) atoms. The number of rotatable bonds is 38. The van der Waals surface area contributed by atoms with Crippen LogP contribution in [0.2, 0.25) is 0 Å². The van der Waals surface area contributed by atoms with Crippen molar-refractivity contribution in [2.45, 2.75) is 262 Å². The quantitative estimate of drug-likeness (QED) is 0.0475. The first-order valence-corrected chi connectivity index (χ1v) is 25.6. The summed E-state index contributed by atoms with van der Waals surface area (Å²) in [6.45, 7) is 3.45. The highest BCUT2D eigenvalue weighted by molar-refractivity contribution is 5.89. The van der Waals surface area contributed by atoms with Crippen LogP contribution >= 0.6 is 0 Å². The maximum absolute atomic E-state index is 12.6. The number of nitrogens with one attached hydrogen (secondary N) is 2. The zero-order valence-electron chi connectivity index (χ0n) is 38.1. The number of hydrogen-bond acceptors (Lipinski definition) is 6. The average Bonchev–Trinajstić information content (AvgIpc) is 3.68. The highest BCUT2D eigenvalue weighted by atomic mass is 16.7. The summed E-state index contributed by atoms with van der Waals surface area (Å²) < 4.78 is 22.9. The van der Waals surface area contributed by atoms with E-state index in [9.17, 15) is 9.59 Å². The fourth-order valence-corrected chi connectivity index (χ4v) is 8.88. The molecule has 1 aliphatic carbocycles. The normalized spacial score (nSPS) is 21.2. The lowest BCUT2D eigenvalue weighted by molar-refractivity contribution is -0.163. The first kappa shape index (κ1) is 51.6. The van der Waals surface area contributed by atoms with E-state index in [1.807, 2.05) is 12.2 Å². The topological polar surface area (TPSA) is 95.1 Å². The van der Waals surface area contributed by atoms with E-state index in [0.717, 1.165) is 84.2 Å². The van der Waals surface area contributed by atoms with Crippen molar-refractivity contribution in [2.75, 3.05) is 26.4 Å². The van der Waals surface area contributed by atoms with Crippen LogP contribution < -0.4 is 10.6 Å². The van der Waals surface area contributed by atoms with Crippen LogP contribution in [0.15, 0.2) is 24.3 Å². The lowest BCUT2D eigenvalue weighted by atomic mass is 10.0. The Bertz CT molecular complexity index is 959. The molecule has 2 aliphatic heterocycles. The standard InChI is InChI=1S/C51H92N2O6/c54-48(38-27-23-19-15-11-7-3-1-5-9-13-17-21-25-31-42-56-50-40-29-33-44-58-50)52-46-36-35-37-47(46)53-49(55)39-28-24-20-16-12-8-4-2-6-10-14-18-22-26-32-43-57-51-41-30-34-45-59-51/h27-28,38-39,46-47,50-51H,1-26,29-37,40-45H2,(H,52,54)(H,53,55)/t46-,47+,50?,51?. The molecule has 4 atom stereocenters. The van der Waals surface area contributed by atoms with Gasteiger partial charge in [0.15, 0.2) is 12.6 Å². The molecule has 0 aromatic rings. The number of unbranched alkanes of at least 4 members (excludes halogenated alkanes) is 26. The molecule has 3 aliphatic rings. The Hall–Kier alpha value is -1.74. The molecule has 2 heterocycles. The Morgan fingerprint density at radius 2 is 0.729 bits per heavy atom. The molecular weight excluding hydrogens is 737 g/mol. The van der Waals surface area contributed by atoms with Gasteiger partial charge in [-0.2, -0.15) is 0 Å². The number of carbonyl (C=O) groups is 2. The van der Waals surface area contributed by atoms with E-state index in [0.29, 0.717) is 0 Å². The summed E-state index contributed by atoms with van der Waals surface area (Å²) in [5.41, 5.74) is 0. The highest BCUT2D eigenvalue weighted by Gasteiger charge is 2.29. The average molecular weight is 829 g/mol. The van der Waals surface area contributed by atoms with Gasteiger partial charge in [0.1, 0.15) is 0 Å². The summed E-state index contributed by atoms with van der Waals surface area (Å²) in [6, 6.07) is 0.0434. The first-order chi connectivity index (χ1) is 29.2. The molecule has 2 unspecified atom stereocenters. The fraction of sp³-hybridized carbons (Fsp3) is 0.882. The van der Waals surface area contributed by atoms with Crippen LogP contribution in [-0.4, -0.2) is 62.9 Å². The van der Waals surface area contributed by atoms with Gasteiger partial charge < -0.3 is 29.6 Å². The molecule has 1 saturated carbocycles. The third-order valence-electron chi connectivity index (χ3n) is 12.6. The van der Waals surface area contributed by atoms with Crippen LogP contribution in [0.25, 0.3) is 0 Å². The lowest BCUT2D eigenvalue weighted by Gasteiger charge is -2.22. The van der Waals surface area contributed by atoms with Gasteiger partial charge in [-0.15, -0.1) is 0 Å². The van der Waals surface area contributed by atoms with E-state index >= 15 is 0 Å². The van der Waals surface area contributed by atoms with Crippen LogP contribution in [0.3, 0.4) is 0 Å². The van der Waals surface area contributed by atoms with Crippen molar-refractivity contribution in [3.8, 4) is 0 Å². The van der Waals surface area contributed by atoms with Crippen LogP contribution in [0.5, 0.6) is 0 Å². The summed E-state index contributed by atoms with van der Waals surface area (Å²) in [5, 5.41) is 6.31. The van der Waals surface area contributed by atoms with Crippen molar-refractivity contribution in [1.29, 1.82) is 0 Å². The summed E-state index contributed by atoms with van der Waals surface area (Å²) in [6.07, 6.45) is 53.3. The Morgan fingerprint density at radius 3 is 1.05 bits per heavy atom. The van der Waals surface area contributed by atoms with Crippen molar-refractivity contribution in [3.63, 3.8) is 0 Å². The summed E-state index contributed by atoms with van der Waals surface area (Å²) >= 11 is 0.